The molecule has 0 aromatic rings. The van der Waals surface area contributed by atoms with Crippen molar-refractivity contribution in [2.45, 2.75) is 65.8 Å². The molecule has 2 N–H and O–H groups in total. The van der Waals surface area contributed by atoms with E-state index in [1.165, 1.54) is 12.8 Å². The van der Waals surface area contributed by atoms with E-state index in [1.807, 2.05) is 0 Å². The average Bonchev–Trinajstić information content (AvgIpc) is 1.78. The second-order valence-corrected chi connectivity index (χ2v) is 5.50. The van der Waals surface area contributed by atoms with Gasteiger partial charge in [0, 0.05) is 5.54 Å². The van der Waals surface area contributed by atoms with Crippen LogP contribution in [0.5, 0.6) is 0 Å². The van der Waals surface area contributed by atoms with Gasteiger partial charge >= 0.3 is 0 Å². The molecule has 0 aliphatic heterocycles. The van der Waals surface area contributed by atoms with Crippen molar-refractivity contribution in [1.29, 1.82) is 0 Å². The smallest absolute Gasteiger partial charge is 0.0130 e. The van der Waals surface area contributed by atoms with Gasteiger partial charge in [0.15, 0.2) is 0 Å². The van der Waals surface area contributed by atoms with Gasteiger partial charge in [-0.2, -0.15) is 0 Å². The summed E-state index contributed by atoms with van der Waals surface area (Å²) in [4.78, 5) is 0. The van der Waals surface area contributed by atoms with Gasteiger partial charge in [0.2, 0.25) is 0 Å². The maximum Gasteiger partial charge on any atom is 0.0130 e. The highest BCUT2D eigenvalue weighted by Crippen LogP contribution is 2.28. The molecule has 0 aliphatic carbocycles. The Labute approximate surface area is 77.7 Å². The predicted octanol–water partition coefficient (Wildman–Crippen LogP) is 3.33. The minimum Gasteiger partial charge on any atom is -0.325 e. The molecule has 0 aromatic heterocycles. The molecule has 0 heterocycles. The Morgan fingerprint density at radius 2 is 1.58 bits per heavy atom. The fourth-order valence-corrected chi connectivity index (χ4v) is 1.88. The zero-order valence-corrected chi connectivity index (χ0v) is 9.41. The molecule has 0 bridgehead atoms. The maximum atomic E-state index is 6.19. The lowest BCUT2D eigenvalue weighted by Crippen LogP contribution is -2.39. The topological polar surface area (TPSA) is 26.0 Å². The molecule has 0 radical (unpaired) electrons. The number of hydrogen-bond acceptors (Lipinski definition) is 1. The first kappa shape index (κ1) is 12.0. The van der Waals surface area contributed by atoms with Gasteiger partial charge in [-0.25, -0.2) is 0 Å². The summed E-state index contributed by atoms with van der Waals surface area (Å²) in [6.07, 6.45) is 4.76. The molecule has 1 nitrogen and oxygen atoms in total. The van der Waals surface area contributed by atoms with E-state index in [9.17, 15) is 0 Å². The molecule has 1 atom stereocenters. The van der Waals surface area contributed by atoms with E-state index in [4.69, 9.17) is 5.73 Å². The third-order valence-corrected chi connectivity index (χ3v) is 2.04. The van der Waals surface area contributed by atoms with E-state index in [1.54, 1.807) is 0 Å². The van der Waals surface area contributed by atoms with Gasteiger partial charge in [-0.05, 0) is 25.2 Å². The first-order valence-electron chi connectivity index (χ1n) is 5.06. The van der Waals surface area contributed by atoms with E-state index in [0.29, 0.717) is 5.41 Å². The number of unbranched alkanes of at least 4 members (excludes halogenated alkanes) is 1. The van der Waals surface area contributed by atoms with Gasteiger partial charge in [-0.3, -0.25) is 0 Å². The first-order chi connectivity index (χ1) is 5.27. The van der Waals surface area contributed by atoms with Crippen molar-refractivity contribution in [2.24, 2.45) is 11.1 Å². The molecule has 1 unspecified atom stereocenters. The SMILES string of the molecule is CCCCC(C)(N)CC(C)(C)C. The molecular formula is C11H25N. The van der Waals surface area contributed by atoms with Gasteiger partial charge in [-0.1, -0.05) is 40.5 Å². The highest BCUT2D eigenvalue weighted by atomic mass is 14.7. The summed E-state index contributed by atoms with van der Waals surface area (Å²) in [5.41, 5.74) is 6.58. The molecule has 0 saturated carbocycles. The van der Waals surface area contributed by atoms with Crippen LogP contribution in [-0.2, 0) is 0 Å². The highest BCUT2D eigenvalue weighted by molar-refractivity contribution is 4.83. The van der Waals surface area contributed by atoms with Crippen LogP contribution in [0.4, 0.5) is 0 Å². The van der Waals surface area contributed by atoms with E-state index < -0.39 is 0 Å². The van der Waals surface area contributed by atoms with Gasteiger partial charge in [-0.15, -0.1) is 0 Å². The summed E-state index contributed by atoms with van der Waals surface area (Å²) in [6.45, 7) is 11.2. The molecule has 0 fully saturated rings. The van der Waals surface area contributed by atoms with Crippen LogP contribution in [0.1, 0.15) is 60.3 Å². The van der Waals surface area contributed by atoms with Crippen molar-refractivity contribution >= 4 is 0 Å². The first-order valence-corrected chi connectivity index (χ1v) is 5.06. The monoisotopic (exact) mass is 171 g/mol. The molecule has 0 spiro atoms. The van der Waals surface area contributed by atoms with Crippen molar-refractivity contribution in [3.05, 3.63) is 0 Å². The average molecular weight is 171 g/mol. The molecular weight excluding hydrogens is 146 g/mol. The van der Waals surface area contributed by atoms with Gasteiger partial charge in [0.25, 0.3) is 0 Å². The Hall–Kier alpha value is -0.0400. The Morgan fingerprint density at radius 3 is 1.92 bits per heavy atom. The van der Waals surface area contributed by atoms with Crippen molar-refractivity contribution in [2.75, 3.05) is 0 Å². The summed E-state index contributed by atoms with van der Waals surface area (Å²) in [5.74, 6) is 0. The molecule has 1 heteroatoms. The van der Waals surface area contributed by atoms with Crippen molar-refractivity contribution < 1.29 is 0 Å². The van der Waals surface area contributed by atoms with Crippen LogP contribution in [0, 0.1) is 5.41 Å². The van der Waals surface area contributed by atoms with Gasteiger partial charge in [0.05, 0.1) is 0 Å². The Morgan fingerprint density at radius 1 is 1.08 bits per heavy atom. The lowest BCUT2D eigenvalue weighted by atomic mass is 9.79. The quantitative estimate of drug-likeness (QED) is 0.690. The van der Waals surface area contributed by atoms with Crippen LogP contribution < -0.4 is 5.73 Å². The third kappa shape index (κ3) is 6.66. The summed E-state index contributed by atoms with van der Waals surface area (Å²) in [5, 5.41) is 0. The van der Waals surface area contributed by atoms with Gasteiger partial charge < -0.3 is 5.73 Å². The van der Waals surface area contributed by atoms with Crippen LogP contribution in [0.15, 0.2) is 0 Å². The standard InChI is InChI=1S/C11H25N/c1-6-7-8-11(5,12)9-10(2,3)4/h6-9,12H2,1-5H3. The van der Waals surface area contributed by atoms with Crippen LogP contribution in [-0.4, -0.2) is 5.54 Å². The number of hydrogen-bond donors (Lipinski definition) is 1. The second-order valence-electron chi connectivity index (χ2n) is 5.50. The Bertz CT molecular complexity index is 119. The van der Waals surface area contributed by atoms with Gasteiger partial charge in [0.1, 0.15) is 0 Å². The number of nitrogens with two attached hydrogens (primary N) is 1. The zero-order valence-electron chi connectivity index (χ0n) is 9.41. The van der Waals surface area contributed by atoms with Crippen molar-refractivity contribution in [3.8, 4) is 0 Å². The Balaban J connectivity index is 3.86. The summed E-state index contributed by atoms with van der Waals surface area (Å²) >= 11 is 0. The van der Waals surface area contributed by atoms with Crippen LogP contribution in [0.2, 0.25) is 0 Å². The van der Waals surface area contributed by atoms with Crippen LogP contribution >= 0.6 is 0 Å². The van der Waals surface area contributed by atoms with Crippen molar-refractivity contribution in [1.82, 2.24) is 0 Å². The molecule has 0 amide bonds. The van der Waals surface area contributed by atoms with E-state index >= 15 is 0 Å². The zero-order chi connectivity index (χ0) is 9.83. The summed E-state index contributed by atoms with van der Waals surface area (Å²) in [7, 11) is 0. The molecule has 12 heavy (non-hydrogen) atoms. The molecule has 0 aliphatic rings. The molecule has 74 valence electrons. The highest BCUT2D eigenvalue weighted by Gasteiger charge is 2.24. The second kappa shape index (κ2) is 4.27. The minimum atomic E-state index is 0.0360. The molecule has 0 aromatic carbocycles. The largest absolute Gasteiger partial charge is 0.325 e. The van der Waals surface area contributed by atoms with Crippen molar-refractivity contribution in [3.63, 3.8) is 0 Å². The maximum absolute atomic E-state index is 6.19. The predicted molar refractivity (Wildman–Crippen MR) is 56.2 cm³/mol. The summed E-state index contributed by atoms with van der Waals surface area (Å²) in [6, 6.07) is 0. The molecule has 0 rings (SSSR count). The van der Waals surface area contributed by atoms with E-state index in [-0.39, 0.29) is 5.54 Å². The minimum absolute atomic E-state index is 0.0360. The third-order valence-electron chi connectivity index (χ3n) is 2.04. The normalized spacial score (nSPS) is 17.5. The lowest BCUT2D eigenvalue weighted by molar-refractivity contribution is 0.254. The number of rotatable bonds is 4. The summed E-state index contributed by atoms with van der Waals surface area (Å²) < 4.78 is 0. The van der Waals surface area contributed by atoms with E-state index in [0.717, 1.165) is 12.8 Å². The molecule has 0 saturated heterocycles. The lowest BCUT2D eigenvalue weighted by Gasteiger charge is -2.32. The van der Waals surface area contributed by atoms with Crippen LogP contribution in [0.25, 0.3) is 0 Å². The van der Waals surface area contributed by atoms with Crippen LogP contribution in [0.3, 0.4) is 0 Å². The fraction of sp³-hybridized carbons (Fsp3) is 1.00. The van der Waals surface area contributed by atoms with E-state index in [2.05, 4.69) is 34.6 Å². The Kier molecular flexibility index (Phi) is 4.25. The fourth-order valence-electron chi connectivity index (χ4n) is 1.88.